The van der Waals surface area contributed by atoms with Gasteiger partial charge in [-0.25, -0.2) is 0 Å². The maximum absolute atomic E-state index is 11.9. The van der Waals surface area contributed by atoms with E-state index in [-0.39, 0.29) is 4.48 Å². The number of hydrogen-bond acceptors (Lipinski definition) is 2. The van der Waals surface area contributed by atoms with Gasteiger partial charge in [0.2, 0.25) is 0 Å². The summed E-state index contributed by atoms with van der Waals surface area (Å²) < 4.78 is -0.0335. The van der Waals surface area contributed by atoms with E-state index in [1.807, 2.05) is 42.7 Å². The largest absolute Gasteiger partial charge is 0.520 e. The molecule has 0 saturated carbocycles. The van der Waals surface area contributed by atoms with Crippen LogP contribution in [0.4, 0.5) is 4.79 Å². The molecule has 0 fully saturated rings. The van der Waals surface area contributed by atoms with Crippen LogP contribution in [0.3, 0.4) is 0 Å². The first kappa shape index (κ1) is 17.5. The van der Waals surface area contributed by atoms with Crippen LogP contribution in [0.2, 0.25) is 0 Å². The van der Waals surface area contributed by atoms with Gasteiger partial charge in [-0.1, -0.05) is 63.4 Å². The van der Waals surface area contributed by atoms with Crippen LogP contribution in [0, 0.1) is 5.92 Å². The Kier molecular flexibility index (Phi) is 6.22. The molecule has 4 heteroatoms. The molecule has 126 valence electrons. The second-order valence-electron chi connectivity index (χ2n) is 6.59. The van der Waals surface area contributed by atoms with Gasteiger partial charge in [0.1, 0.15) is 12.7 Å². The SMILES string of the molecule is CCCCC(CC)CN1C=C[N+](Cc2ccccc2)(C(=O)O)C1. The van der Waals surface area contributed by atoms with Crippen LogP contribution in [0.1, 0.15) is 45.1 Å². The Balaban J connectivity index is 2.01. The molecule has 2 atom stereocenters. The minimum atomic E-state index is -0.783. The first-order valence-corrected chi connectivity index (χ1v) is 8.67. The van der Waals surface area contributed by atoms with Gasteiger partial charge in [-0.05, 0) is 12.3 Å². The fourth-order valence-electron chi connectivity index (χ4n) is 3.21. The molecule has 0 spiro atoms. The molecule has 2 unspecified atom stereocenters. The molecule has 1 heterocycles. The highest BCUT2D eigenvalue weighted by Crippen LogP contribution is 2.25. The first-order valence-electron chi connectivity index (χ1n) is 8.67. The number of rotatable bonds is 8. The van der Waals surface area contributed by atoms with Crippen LogP contribution in [0.25, 0.3) is 0 Å². The third kappa shape index (κ3) is 4.58. The minimum absolute atomic E-state index is 0.0335. The monoisotopic (exact) mass is 317 g/mol. The Bertz CT molecular complexity index is 529. The minimum Gasteiger partial charge on any atom is -0.435 e. The van der Waals surface area contributed by atoms with Crippen molar-refractivity contribution >= 4 is 6.09 Å². The highest BCUT2D eigenvalue weighted by molar-refractivity contribution is 5.58. The fraction of sp³-hybridized carbons (Fsp3) is 0.526. The summed E-state index contributed by atoms with van der Waals surface area (Å²) in [5, 5.41) is 9.77. The molecule has 1 amide bonds. The average molecular weight is 317 g/mol. The van der Waals surface area contributed by atoms with Gasteiger partial charge in [-0.15, -0.1) is 0 Å². The number of unbranched alkanes of at least 4 members (excludes halogenated alkanes) is 1. The van der Waals surface area contributed by atoms with Gasteiger partial charge in [-0.2, -0.15) is 9.28 Å². The van der Waals surface area contributed by atoms with Crippen molar-refractivity contribution in [2.75, 3.05) is 13.2 Å². The number of carboxylic acid groups (broad SMARTS) is 1. The second kappa shape index (κ2) is 8.16. The number of amides is 1. The molecule has 1 aliphatic rings. The zero-order valence-corrected chi connectivity index (χ0v) is 14.3. The predicted molar refractivity (Wildman–Crippen MR) is 92.5 cm³/mol. The Morgan fingerprint density at radius 1 is 1.30 bits per heavy atom. The lowest BCUT2D eigenvalue weighted by atomic mass is 9.99. The molecule has 1 aromatic rings. The summed E-state index contributed by atoms with van der Waals surface area (Å²) in [6, 6.07) is 9.87. The molecule has 0 bridgehead atoms. The molecule has 4 nitrogen and oxygen atoms in total. The molecular formula is C19H29N2O2+. The van der Waals surface area contributed by atoms with E-state index in [1.165, 1.54) is 19.3 Å². The van der Waals surface area contributed by atoms with Crippen molar-refractivity contribution in [3.8, 4) is 0 Å². The molecule has 23 heavy (non-hydrogen) atoms. The first-order chi connectivity index (χ1) is 11.1. The van der Waals surface area contributed by atoms with Gasteiger partial charge in [0.05, 0.1) is 6.20 Å². The lowest BCUT2D eigenvalue weighted by Crippen LogP contribution is -2.48. The standard InChI is InChI=1S/C19H28N2O2/c1-3-5-9-17(4-2)14-20-12-13-21(16-20,19(22)23)15-18-10-7-6-8-11-18/h6-8,10-13,17H,3-5,9,14-16H2,1-2H3/p+1. The Morgan fingerprint density at radius 3 is 2.65 bits per heavy atom. The summed E-state index contributed by atoms with van der Waals surface area (Å²) in [5.41, 5.74) is 1.06. The molecule has 1 aliphatic heterocycles. The van der Waals surface area contributed by atoms with Crippen molar-refractivity contribution in [3.05, 3.63) is 48.3 Å². The van der Waals surface area contributed by atoms with Crippen molar-refractivity contribution in [3.63, 3.8) is 0 Å². The van der Waals surface area contributed by atoms with E-state index in [4.69, 9.17) is 0 Å². The third-order valence-electron chi connectivity index (χ3n) is 4.72. The van der Waals surface area contributed by atoms with Gasteiger partial charge >= 0.3 is 6.09 Å². The van der Waals surface area contributed by atoms with E-state index in [1.54, 1.807) is 0 Å². The van der Waals surface area contributed by atoms with Gasteiger partial charge in [0, 0.05) is 12.1 Å². The Morgan fingerprint density at radius 2 is 2.04 bits per heavy atom. The summed E-state index contributed by atoms with van der Waals surface area (Å²) >= 11 is 0. The summed E-state index contributed by atoms with van der Waals surface area (Å²) in [5.74, 6) is 0.644. The maximum Gasteiger partial charge on any atom is 0.520 e. The van der Waals surface area contributed by atoms with E-state index >= 15 is 0 Å². The molecule has 0 aromatic heterocycles. The van der Waals surface area contributed by atoms with Crippen molar-refractivity contribution < 1.29 is 14.4 Å². The summed E-state index contributed by atoms with van der Waals surface area (Å²) in [7, 11) is 0. The maximum atomic E-state index is 11.9. The topological polar surface area (TPSA) is 40.5 Å². The highest BCUT2D eigenvalue weighted by Gasteiger charge is 2.40. The second-order valence-corrected chi connectivity index (χ2v) is 6.59. The fourth-order valence-corrected chi connectivity index (χ4v) is 3.21. The molecule has 0 saturated heterocycles. The van der Waals surface area contributed by atoms with Crippen LogP contribution in [-0.4, -0.2) is 33.8 Å². The van der Waals surface area contributed by atoms with Crippen molar-refractivity contribution in [2.24, 2.45) is 5.92 Å². The van der Waals surface area contributed by atoms with Crippen molar-refractivity contribution in [1.29, 1.82) is 0 Å². The lowest BCUT2D eigenvalue weighted by molar-refractivity contribution is -0.822. The van der Waals surface area contributed by atoms with Crippen LogP contribution in [0.15, 0.2) is 42.7 Å². The van der Waals surface area contributed by atoms with E-state index in [0.717, 1.165) is 18.5 Å². The van der Waals surface area contributed by atoms with E-state index < -0.39 is 6.09 Å². The van der Waals surface area contributed by atoms with Gasteiger partial charge in [0.25, 0.3) is 0 Å². The van der Waals surface area contributed by atoms with Crippen LogP contribution in [-0.2, 0) is 6.54 Å². The van der Waals surface area contributed by atoms with E-state index in [0.29, 0.717) is 19.1 Å². The average Bonchev–Trinajstić information content (AvgIpc) is 2.96. The highest BCUT2D eigenvalue weighted by atomic mass is 16.4. The van der Waals surface area contributed by atoms with Crippen LogP contribution >= 0.6 is 0 Å². The molecular weight excluding hydrogens is 288 g/mol. The van der Waals surface area contributed by atoms with Crippen LogP contribution in [0.5, 0.6) is 0 Å². The number of hydrogen-bond donors (Lipinski definition) is 1. The number of carbonyl (C=O) groups is 1. The molecule has 2 rings (SSSR count). The predicted octanol–water partition coefficient (Wildman–Crippen LogP) is 4.64. The molecule has 1 N–H and O–H groups in total. The normalized spacial score (nSPS) is 21.6. The van der Waals surface area contributed by atoms with Gasteiger partial charge in [0.15, 0.2) is 6.67 Å². The van der Waals surface area contributed by atoms with Gasteiger partial charge < -0.3 is 10.0 Å². The Labute approximate surface area is 139 Å². The van der Waals surface area contributed by atoms with Gasteiger partial charge in [-0.3, -0.25) is 0 Å². The third-order valence-corrected chi connectivity index (χ3v) is 4.72. The smallest absolute Gasteiger partial charge is 0.435 e. The summed E-state index contributed by atoms with van der Waals surface area (Å²) in [4.78, 5) is 14.1. The number of benzene rings is 1. The van der Waals surface area contributed by atoms with Crippen molar-refractivity contribution in [1.82, 2.24) is 4.90 Å². The molecule has 1 aromatic carbocycles. The lowest BCUT2D eigenvalue weighted by Gasteiger charge is -2.29. The van der Waals surface area contributed by atoms with E-state index in [2.05, 4.69) is 18.7 Å². The quantitative estimate of drug-likeness (QED) is 0.710. The van der Waals surface area contributed by atoms with E-state index in [9.17, 15) is 9.90 Å². The van der Waals surface area contributed by atoms with Crippen molar-refractivity contribution in [2.45, 2.75) is 46.1 Å². The zero-order valence-electron chi connectivity index (χ0n) is 14.3. The molecule has 0 aliphatic carbocycles. The molecule has 0 radical (unpaired) electrons. The number of quaternary nitrogens is 1. The Hall–Kier alpha value is -1.81. The summed E-state index contributed by atoms with van der Waals surface area (Å²) in [6.07, 6.45) is 7.87. The number of nitrogens with zero attached hydrogens (tertiary/aromatic N) is 2. The summed E-state index contributed by atoms with van der Waals surface area (Å²) in [6.45, 7) is 6.41. The zero-order chi connectivity index (χ0) is 16.7. The van der Waals surface area contributed by atoms with Crippen LogP contribution < -0.4 is 0 Å².